The van der Waals surface area contributed by atoms with Crippen molar-refractivity contribution in [1.29, 1.82) is 0 Å². The Labute approximate surface area is 136 Å². The molecule has 0 aliphatic carbocycles. The third-order valence-corrected chi connectivity index (χ3v) is 3.47. The van der Waals surface area contributed by atoms with Crippen LogP contribution in [-0.4, -0.2) is 27.9 Å². The number of carbonyl (C=O) groups is 1. The molecule has 1 heterocycles. The van der Waals surface area contributed by atoms with Gasteiger partial charge in [-0.25, -0.2) is 0 Å². The summed E-state index contributed by atoms with van der Waals surface area (Å²) in [6, 6.07) is 9.86. The van der Waals surface area contributed by atoms with Crippen molar-refractivity contribution in [3.63, 3.8) is 0 Å². The number of pyridine rings is 1. The molecule has 1 unspecified atom stereocenters. The number of carbonyl (C=O) groups excluding carboxylic acids is 1. The van der Waals surface area contributed by atoms with E-state index in [1.807, 2.05) is 25.1 Å². The van der Waals surface area contributed by atoms with Gasteiger partial charge in [-0.15, -0.1) is 12.4 Å². The van der Waals surface area contributed by atoms with E-state index in [9.17, 15) is 9.90 Å². The zero-order valence-electron chi connectivity index (χ0n) is 12.6. The molecule has 0 aliphatic heterocycles. The van der Waals surface area contributed by atoms with E-state index in [0.29, 0.717) is 11.3 Å². The fourth-order valence-electron chi connectivity index (χ4n) is 2.32. The van der Waals surface area contributed by atoms with Crippen LogP contribution in [0.1, 0.15) is 35.4 Å². The highest BCUT2D eigenvalue weighted by Gasteiger charge is 2.23. The molecule has 6 heteroatoms. The van der Waals surface area contributed by atoms with Crippen molar-refractivity contribution in [1.82, 2.24) is 9.88 Å². The quantitative estimate of drug-likeness (QED) is 0.670. The number of anilines is 1. The van der Waals surface area contributed by atoms with Gasteiger partial charge in [0, 0.05) is 18.9 Å². The van der Waals surface area contributed by atoms with Crippen LogP contribution in [0.4, 0.5) is 5.69 Å². The maximum Gasteiger partial charge on any atom is 0.256 e. The third kappa shape index (κ3) is 3.68. The van der Waals surface area contributed by atoms with Gasteiger partial charge < -0.3 is 15.7 Å². The van der Waals surface area contributed by atoms with E-state index in [0.717, 1.165) is 12.1 Å². The van der Waals surface area contributed by atoms with Crippen LogP contribution in [0.15, 0.2) is 42.6 Å². The maximum absolute atomic E-state index is 12.6. The number of hydrogen-bond acceptors (Lipinski definition) is 4. The number of phenols is 1. The second kappa shape index (κ2) is 7.66. The molecular formula is C16H20ClN3O2. The molecule has 0 saturated carbocycles. The molecule has 0 radical (unpaired) electrons. The van der Waals surface area contributed by atoms with Gasteiger partial charge in [-0.2, -0.15) is 0 Å². The number of amides is 1. The molecule has 1 amide bonds. The highest BCUT2D eigenvalue weighted by Crippen LogP contribution is 2.26. The minimum absolute atomic E-state index is 0. The van der Waals surface area contributed by atoms with Crippen molar-refractivity contribution in [3.05, 3.63) is 53.9 Å². The van der Waals surface area contributed by atoms with Gasteiger partial charge in [-0.1, -0.05) is 13.0 Å². The van der Waals surface area contributed by atoms with Gasteiger partial charge in [0.2, 0.25) is 0 Å². The second-order valence-corrected chi connectivity index (χ2v) is 4.87. The summed E-state index contributed by atoms with van der Waals surface area (Å²) in [5.74, 6) is -0.215. The summed E-state index contributed by atoms with van der Waals surface area (Å²) < 4.78 is 0. The van der Waals surface area contributed by atoms with Gasteiger partial charge in [0.15, 0.2) is 0 Å². The molecule has 0 saturated heterocycles. The van der Waals surface area contributed by atoms with Gasteiger partial charge in [-0.05, 0) is 36.8 Å². The van der Waals surface area contributed by atoms with Crippen LogP contribution in [0, 0.1) is 0 Å². The van der Waals surface area contributed by atoms with Crippen LogP contribution in [-0.2, 0) is 0 Å². The zero-order chi connectivity index (χ0) is 15.4. The summed E-state index contributed by atoms with van der Waals surface area (Å²) >= 11 is 0. The monoisotopic (exact) mass is 321 g/mol. The Balaban J connectivity index is 0.00000242. The van der Waals surface area contributed by atoms with E-state index in [1.54, 1.807) is 18.1 Å². The van der Waals surface area contributed by atoms with Crippen molar-refractivity contribution in [2.75, 3.05) is 12.8 Å². The van der Waals surface area contributed by atoms with Crippen LogP contribution >= 0.6 is 12.4 Å². The molecule has 22 heavy (non-hydrogen) atoms. The minimum atomic E-state index is -0.235. The predicted molar refractivity (Wildman–Crippen MR) is 89.1 cm³/mol. The fourth-order valence-corrected chi connectivity index (χ4v) is 2.32. The molecule has 0 fully saturated rings. The first-order valence-corrected chi connectivity index (χ1v) is 6.81. The van der Waals surface area contributed by atoms with Crippen molar-refractivity contribution in [2.24, 2.45) is 0 Å². The molecule has 3 N–H and O–H groups in total. The third-order valence-electron chi connectivity index (χ3n) is 3.47. The number of halogens is 1. The first-order chi connectivity index (χ1) is 10.0. The second-order valence-electron chi connectivity index (χ2n) is 4.87. The van der Waals surface area contributed by atoms with Gasteiger partial charge in [0.25, 0.3) is 5.91 Å². The average molecular weight is 322 g/mol. The number of aromatic hydroxyl groups is 1. The van der Waals surface area contributed by atoms with E-state index in [-0.39, 0.29) is 30.1 Å². The number of nitrogen functional groups attached to an aromatic ring is 1. The topological polar surface area (TPSA) is 79.5 Å². The normalized spacial score (nSPS) is 11.4. The number of hydrogen-bond donors (Lipinski definition) is 2. The molecule has 0 bridgehead atoms. The highest BCUT2D eigenvalue weighted by atomic mass is 35.5. The molecule has 0 spiro atoms. The zero-order valence-corrected chi connectivity index (χ0v) is 13.4. The Morgan fingerprint density at radius 3 is 2.68 bits per heavy atom. The van der Waals surface area contributed by atoms with E-state index in [2.05, 4.69) is 4.98 Å². The summed E-state index contributed by atoms with van der Waals surface area (Å²) in [6.45, 7) is 1.99. The molecule has 1 atom stereocenters. The highest BCUT2D eigenvalue weighted by molar-refractivity contribution is 5.99. The molecule has 1 aromatic carbocycles. The van der Waals surface area contributed by atoms with Crippen LogP contribution in [0.3, 0.4) is 0 Å². The molecule has 118 valence electrons. The Morgan fingerprint density at radius 1 is 1.36 bits per heavy atom. The maximum atomic E-state index is 12.6. The Bertz CT molecular complexity index is 635. The van der Waals surface area contributed by atoms with E-state index in [4.69, 9.17) is 5.73 Å². The lowest BCUT2D eigenvalue weighted by Gasteiger charge is -2.27. The number of rotatable bonds is 4. The summed E-state index contributed by atoms with van der Waals surface area (Å²) in [6.07, 6.45) is 2.44. The molecule has 0 aliphatic rings. The lowest BCUT2D eigenvalue weighted by Crippen LogP contribution is -2.32. The van der Waals surface area contributed by atoms with E-state index in [1.165, 1.54) is 18.2 Å². The number of nitrogens with two attached hydrogens (primary N) is 1. The predicted octanol–water partition coefficient (Wildman–Crippen LogP) is 3.01. The van der Waals surface area contributed by atoms with Gasteiger partial charge in [-0.3, -0.25) is 9.78 Å². The number of benzene rings is 1. The van der Waals surface area contributed by atoms with Crippen molar-refractivity contribution in [3.8, 4) is 5.75 Å². The minimum Gasteiger partial charge on any atom is -0.508 e. The van der Waals surface area contributed by atoms with Crippen LogP contribution in [0.5, 0.6) is 5.75 Å². The van der Waals surface area contributed by atoms with E-state index < -0.39 is 0 Å². The smallest absolute Gasteiger partial charge is 0.256 e. The Kier molecular flexibility index (Phi) is 6.19. The molecule has 2 rings (SSSR count). The molecule has 1 aromatic heterocycles. The molecule has 2 aromatic rings. The summed E-state index contributed by atoms with van der Waals surface area (Å²) in [5.41, 5.74) is 7.31. The summed E-state index contributed by atoms with van der Waals surface area (Å²) in [7, 11) is 1.72. The Morgan fingerprint density at radius 2 is 2.09 bits per heavy atom. The SMILES string of the molecule is CCC(c1ccccn1)N(C)C(=O)c1cc(O)ccc1N.Cl. The summed E-state index contributed by atoms with van der Waals surface area (Å²) in [4.78, 5) is 18.5. The lowest BCUT2D eigenvalue weighted by molar-refractivity contribution is 0.0723. The van der Waals surface area contributed by atoms with Crippen LogP contribution in [0.25, 0.3) is 0 Å². The van der Waals surface area contributed by atoms with Gasteiger partial charge in [0.1, 0.15) is 5.75 Å². The first-order valence-electron chi connectivity index (χ1n) is 6.81. The average Bonchev–Trinajstić information content (AvgIpc) is 2.50. The van der Waals surface area contributed by atoms with Crippen molar-refractivity contribution in [2.45, 2.75) is 19.4 Å². The van der Waals surface area contributed by atoms with Crippen LogP contribution in [0.2, 0.25) is 0 Å². The standard InChI is InChI=1S/C16H19N3O2.ClH/c1-3-15(14-6-4-5-9-18-14)19(2)16(21)12-10-11(20)7-8-13(12)17;/h4-10,15,20H,3,17H2,1-2H3;1H. The number of nitrogens with zero attached hydrogens (tertiary/aromatic N) is 2. The number of phenolic OH excluding ortho intramolecular Hbond substituents is 1. The van der Waals surface area contributed by atoms with Gasteiger partial charge >= 0.3 is 0 Å². The largest absolute Gasteiger partial charge is 0.508 e. The van der Waals surface area contributed by atoms with Crippen molar-refractivity contribution < 1.29 is 9.90 Å². The lowest BCUT2D eigenvalue weighted by atomic mass is 10.1. The van der Waals surface area contributed by atoms with E-state index >= 15 is 0 Å². The van der Waals surface area contributed by atoms with Gasteiger partial charge in [0.05, 0.1) is 17.3 Å². The molecule has 5 nitrogen and oxygen atoms in total. The fraction of sp³-hybridized carbons (Fsp3) is 0.250. The number of aromatic nitrogens is 1. The Hall–Kier alpha value is -2.27. The van der Waals surface area contributed by atoms with Crippen molar-refractivity contribution >= 4 is 24.0 Å². The van der Waals surface area contributed by atoms with Crippen LogP contribution < -0.4 is 5.73 Å². The summed E-state index contributed by atoms with van der Waals surface area (Å²) in [5, 5.41) is 9.54. The first kappa shape index (κ1) is 17.8. The molecular weight excluding hydrogens is 302 g/mol.